The van der Waals surface area contributed by atoms with E-state index in [1.807, 2.05) is 18.2 Å². The number of nitriles is 1. The molecule has 4 heteroatoms. The van der Waals surface area contributed by atoms with E-state index in [1.165, 1.54) is 0 Å². The van der Waals surface area contributed by atoms with E-state index in [4.69, 9.17) is 10.2 Å². The summed E-state index contributed by atoms with van der Waals surface area (Å²) in [5.41, 5.74) is 2.74. The molecular weight excluding hydrogens is 236 g/mol. The lowest BCUT2D eigenvalue weighted by molar-refractivity contribution is 0.406. The zero-order valence-electron chi connectivity index (χ0n) is 11.8. The topological polar surface area (TPSA) is 44.9 Å². The predicted octanol–water partition coefficient (Wildman–Crippen LogP) is 2.42. The van der Waals surface area contributed by atoms with E-state index in [0.29, 0.717) is 5.56 Å². The molecule has 0 aliphatic heterocycles. The van der Waals surface area contributed by atoms with Gasteiger partial charge in [-0.2, -0.15) is 5.26 Å². The second kappa shape index (κ2) is 5.85. The van der Waals surface area contributed by atoms with E-state index in [1.54, 1.807) is 0 Å². The summed E-state index contributed by atoms with van der Waals surface area (Å²) in [4.78, 5) is 6.86. The molecule has 4 nitrogen and oxygen atoms in total. The van der Waals surface area contributed by atoms with Crippen molar-refractivity contribution in [2.75, 3.05) is 20.6 Å². The molecule has 0 atom stereocenters. The van der Waals surface area contributed by atoms with Crippen LogP contribution in [0, 0.1) is 11.3 Å². The lowest BCUT2D eigenvalue weighted by Gasteiger charge is -2.11. The van der Waals surface area contributed by atoms with E-state index in [-0.39, 0.29) is 0 Å². The van der Waals surface area contributed by atoms with Gasteiger partial charge in [0.15, 0.2) is 0 Å². The van der Waals surface area contributed by atoms with Gasteiger partial charge in [0.05, 0.1) is 22.7 Å². The summed E-state index contributed by atoms with van der Waals surface area (Å²) in [6, 6.07) is 7.92. The van der Waals surface area contributed by atoms with Crippen LogP contribution in [-0.2, 0) is 13.0 Å². The van der Waals surface area contributed by atoms with Crippen LogP contribution in [0.5, 0.6) is 0 Å². The van der Waals surface area contributed by atoms with Gasteiger partial charge in [-0.25, -0.2) is 4.98 Å². The summed E-state index contributed by atoms with van der Waals surface area (Å²) in [5.74, 6) is 1.11. The molecule has 100 valence electrons. The molecule has 1 aromatic heterocycles. The largest absolute Gasteiger partial charge is 0.328 e. The Morgan fingerprint density at radius 2 is 2.16 bits per heavy atom. The molecule has 1 heterocycles. The standard InChI is InChI=1S/C15H20N4/c1-4-8-19-14-6-5-12(11-16)10-13(14)17-15(19)7-9-18(2)3/h5-6,10H,4,7-9H2,1-3H3. The van der Waals surface area contributed by atoms with Crippen molar-refractivity contribution in [2.45, 2.75) is 26.3 Å². The second-order valence-corrected chi connectivity index (χ2v) is 5.05. The zero-order valence-corrected chi connectivity index (χ0v) is 11.8. The van der Waals surface area contributed by atoms with Crippen molar-refractivity contribution in [3.05, 3.63) is 29.6 Å². The lowest BCUT2D eigenvalue weighted by Crippen LogP contribution is -2.17. The van der Waals surface area contributed by atoms with Gasteiger partial charge in [0.25, 0.3) is 0 Å². The van der Waals surface area contributed by atoms with Crippen LogP contribution in [-0.4, -0.2) is 35.1 Å². The number of fused-ring (bicyclic) bond motifs is 1. The fourth-order valence-corrected chi connectivity index (χ4v) is 2.24. The number of hydrogen-bond acceptors (Lipinski definition) is 3. The van der Waals surface area contributed by atoms with Crippen molar-refractivity contribution >= 4 is 11.0 Å². The van der Waals surface area contributed by atoms with Crippen LogP contribution < -0.4 is 0 Å². The normalized spacial score (nSPS) is 11.1. The highest BCUT2D eigenvalue weighted by molar-refractivity contribution is 5.77. The number of aromatic nitrogens is 2. The molecule has 0 aliphatic rings. The Kier molecular flexibility index (Phi) is 4.18. The van der Waals surface area contributed by atoms with Gasteiger partial charge in [-0.1, -0.05) is 6.92 Å². The van der Waals surface area contributed by atoms with Crippen molar-refractivity contribution < 1.29 is 0 Å². The Labute approximate surface area is 114 Å². The Morgan fingerprint density at radius 3 is 2.79 bits per heavy atom. The van der Waals surface area contributed by atoms with Gasteiger partial charge in [0.2, 0.25) is 0 Å². The van der Waals surface area contributed by atoms with E-state index in [9.17, 15) is 0 Å². The lowest BCUT2D eigenvalue weighted by atomic mass is 10.2. The summed E-state index contributed by atoms with van der Waals surface area (Å²) in [6.45, 7) is 4.13. The van der Waals surface area contributed by atoms with Crippen molar-refractivity contribution in [2.24, 2.45) is 0 Å². The predicted molar refractivity (Wildman–Crippen MR) is 77.0 cm³/mol. The fraction of sp³-hybridized carbons (Fsp3) is 0.467. The molecule has 0 radical (unpaired) electrons. The van der Waals surface area contributed by atoms with E-state index in [2.05, 4.69) is 36.6 Å². The third-order valence-corrected chi connectivity index (χ3v) is 3.19. The first-order valence-electron chi connectivity index (χ1n) is 6.69. The van der Waals surface area contributed by atoms with Gasteiger partial charge in [-0.05, 0) is 38.7 Å². The Hall–Kier alpha value is -1.86. The van der Waals surface area contributed by atoms with E-state index < -0.39 is 0 Å². The second-order valence-electron chi connectivity index (χ2n) is 5.05. The van der Waals surface area contributed by atoms with Crippen LogP contribution in [0.1, 0.15) is 24.7 Å². The van der Waals surface area contributed by atoms with Gasteiger partial charge < -0.3 is 9.47 Å². The number of rotatable bonds is 5. The average molecular weight is 256 g/mol. The average Bonchev–Trinajstić information content (AvgIpc) is 2.74. The van der Waals surface area contributed by atoms with Gasteiger partial charge in [0.1, 0.15) is 5.82 Å². The fourth-order valence-electron chi connectivity index (χ4n) is 2.24. The Morgan fingerprint density at radius 1 is 1.37 bits per heavy atom. The maximum atomic E-state index is 8.96. The van der Waals surface area contributed by atoms with Gasteiger partial charge in [0, 0.05) is 19.5 Å². The zero-order chi connectivity index (χ0) is 13.8. The van der Waals surface area contributed by atoms with Crippen LogP contribution >= 0.6 is 0 Å². The molecule has 19 heavy (non-hydrogen) atoms. The molecule has 0 amide bonds. The van der Waals surface area contributed by atoms with E-state index >= 15 is 0 Å². The van der Waals surface area contributed by atoms with Crippen molar-refractivity contribution in [3.63, 3.8) is 0 Å². The minimum Gasteiger partial charge on any atom is -0.328 e. The molecule has 0 aliphatic carbocycles. The number of benzene rings is 1. The quantitative estimate of drug-likeness (QED) is 0.825. The number of hydrogen-bond donors (Lipinski definition) is 0. The SMILES string of the molecule is CCCn1c(CCN(C)C)nc2cc(C#N)ccc21. The van der Waals surface area contributed by atoms with Gasteiger partial charge >= 0.3 is 0 Å². The number of likely N-dealkylation sites (N-methyl/N-ethyl adjacent to an activating group) is 1. The highest BCUT2D eigenvalue weighted by Gasteiger charge is 2.10. The number of nitrogens with zero attached hydrogens (tertiary/aromatic N) is 4. The molecule has 0 spiro atoms. The highest BCUT2D eigenvalue weighted by atomic mass is 15.1. The van der Waals surface area contributed by atoms with E-state index in [0.717, 1.165) is 42.8 Å². The third kappa shape index (κ3) is 2.94. The van der Waals surface area contributed by atoms with Crippen LogP contribution in [0.15, 0.2) is 18.2 Å². The molecular formula is C15H20N4. The van der Waals surface area contributed by atoms with Crippen molar-refractivity contribution in [1.82, 2.24) is 14.5 Å². The number of aryl methyl sites for hydroxylation is 1. The first-order valence-corrected chi connectivity index (χ1v) is 6.69. The highest BCUT2D eigenvalue weighted by Crippen LogP contribution is 2.19. The minimum atomic E-state index is 0.674. The molecule has 0 fully saturated rings. The monoisotopic (exact) mass is 256 g/mol. The van der Waals surface area contributed by atoms with Crippen LogP contribution in [0.2, 0.25) is 0 Å². The maximum absolute atomic E-state index is 8.96. The first-order chi connectivity index (χ1) is 9.15. The van der Waals surface area contributed by atoms with Gasteiger partial charge in [-0.3, -0.25) is 0 Å². The molecule has 0 saturated carbocycles. The smallest absolute Gasteiger partial charge is 0.111 e. The molecule has 0 N–H and O–H groups in total. The van der Waals surface area contributed by atoms with Crippen LogP contribution in [0.4, 0.5) is 0 Å². The summed E-state index contributed by atoms with van der Waals surface area (Å²) in [7, 11) is 4.14. The minimum absolute atomic E-state index is 0.674. The van der Waals surface area contributed by atoms with Crippen LogP contribution in [0.25, 0.3) is 11.0 Å². The van der Waals surface area contributed by atoms with Crippen molar-refractivity contribution in [1.29, 1.82) is 5.26 Å². The molecule has 2 aromatic rings. The van der Waals surface area contributed by atoms with Gasteiger partial charge in [-0.15, -0.1) is 0 Å². The molecule has 0 bridgehead atoms. The Balaban J connectivity index is 2.43. The molecule has 0 unspecified atom stereocenters. The number of imidazole rings is 1. The summed E-state index contributed by atoms with van der Waals surface area (Å²) in [5, 5.41) is 8.96. The molecule has 0 saturated heterocycles. The maximum Gasteiger partial charge on any atom is 0.111 e. The Bertz CT molecular complexity index is 604. The third-order valence-electron chi connectivity index (χ3n) is 3.19. The summed E-state index contributed by atoms with van der Waals surface area (Å²) in [6.07, 6.45) is 2.02. The summed E-state index contributed by atoms with van der Waals surface area (Å²) < 4.78 is 2.28. The van der Waals surface area contributed by atoms with Crippen molar-refractivity contribution in [3.8, 4) is 6.07 Å². The summed E-state index contributed by atoms with van der Waals surface area (Å²) >= 11 is 0. The van der Waals surface area contributed by atoms with Crippen LogP contribution in [0.3, 0.4) is 0 Å². The first kappa shape index (κ1) is 13.6. The molecule has 2 rings (SSSR count). The molecule has 1 aromatic carbocycles.